The Morgan fingerprint density at radius 3 is 2.17 bits per heavy atom. The molecular weight excluding hydrogens is 248 g/mol. The molecule has 0 aromatic heterocycles. The molecule has 0 aliphatic carbocycles. The highest BCUT2D eigenvalue weighted by Crippen LogP contribution is 2.36. The van der Waals surface area contributed by atoms with Gasteiger partial charge in [-0.2, -0.15) is 0 Å². The lowest BCUT2D eigenvalue weighted by atomic mass is 10.2. The molecule has 0 heterocycles. The molecule has 0 fully saturated rings. The van der Waals surface area contributed by atoms with Gasteiger partial charge < -0.3 is 9.16 Å². The Hall–Kier alpha value is -0.683. The van der Waals surface area contributed by atoms with Crippen molar-refractivity contribution in [1.82, 2.24) is 0 Å². The molecule has 4 nitrogen and oxygen atoms in total. The second-order valence-electron chi connectivity index (χ2n) is 5.88. The maximum Gasteiger partial charge on any atom is 0.313 e. The first-order chi connectivity index (χ1) is 8.10. The van der Waals surface area contributed by atoms with Gasteiger partial charge in [0, 0.05) is 13.0 Å². The summed E-state index contributed by atoms with van der Waals surface area (Å²) in [5.74, 6) is -0.568. The molecule has 0 N–H and O–H groups in total. The van der Waals surface area contributed by atoms with E-state index in [0.29, 0.717) is 13.2 Å². The van der Waals surface area contributed by atoms with Gasteiger partial charge in [-0.1, -0.05) is 20.8 Å². The summed E-state index contributed by atoms with van der Waals surface area (Å²) in [6.07, 6.45) is 0.139. The molecule has 0 aromatic rings. The van der Waals surface area contributed by atoms with Gasteiger partial charge in [0.2, 0.25) is 0 Å². The van der Waals surface area contributed by atoms with Crippen LogP contribution in [0, 0.1) is 0 Å². The maximum atomic E-state index is 11.5. The molecule has 0 aliphatic rings. The van der Waals surface area contributed by atoms with Crippen LogP contribution in [0.3, 0.4) is 0 Å². The van der Waals surface area contributed by atoms with Gasteiger partial charge in [-0.15, -0.1) is 0 Å². The number of esters is 1. The van der Waals surface area contributed by atoms with E-state index in [2.05, 4.69) is 33.9 Å². The molecule has 0 radical (unpaired) electrons. The van der Waals surface area contributed by atoms with Crippen molar-refractivity contribution in [3.8, 4) is 0 Å². The second-order valence-corrected chi connectivity index (χ2v) is 10.7. The van der Waals surface area contributed by atoms with E-state index in [1.807, 2.05) is 0 Å². The van der Waals surface area contributed by atoms with Crippen molar-refractivity contribution in [3.05, 3.63) is 0 Å². The number of ketones is 1. The smallest absolute Gasteiger partial charge is 0.313 e. The van der Waals surface area contributed by atoms with Crippen LogP contribution in [0.1, 0.15) is 40.5 Å². The fourth-order valence-corrected chi connectivity index (χ4v) is 2.14. The van der Waals surface area contributed by atoms with Gasteiger partial charge in [0.15, 0.2) is 8.32 Å². The molecule has 106 valence electrons. The summed E-state index contributed by atoms with van der Waals surface area (Å²) < 4.78 is 10.6. The van der Waals surface area contributed by atoms with E-state index >= 15 is 0 Å². The minimum absolute atomic E-state index is 0.118. The Bertz CT molecular complexity index is 292. The lowest BCUT2D eigenvalue weighted by Gasteiger charge is -2.36. The zero-order valence-electron chi connectivity index (χ0n) is 12.5. The molecule has 0 unspecified atom stereocenters. The summed E-state index contributed by atoms with van der Waals surface area (Å²) in [5, 5.41) is 0.136. The van der Waals surface area contributed by atoms with Crippen LogP contribution in [0.25, 0.3) is 0 Å². The number of ether oxygens (including phenoxy) is 1. The normalized spacial score (nSPS) is 12.3. The Morgan fingerprint density at radius 2 is 1.72 bits per heavy atom. The van der Waals surface area contributed by atoms with E-state index < -0.39 is 14.3 Å². The summed E-state index contributed by atoms with van der Waals surface area (Å²) in [5.41, 5.74) is 0. The van der Waals surface area contributed by atoms with E-state index in [9.17, 15) is 9.59 Å². The lowest BCUT2D eigenvalue weighted by Crippen LogP contribution is -2.41. The molecule has 18 heavy (non-hydrogen) atoms. The minimum Gasteiger partial charge on any atom is -0.466 e. The molecule has 0 amide bonds. The summed E-state index contributed by atoms with van der Waals surface area (Å²) >= 11 is 0. The lowest BCUT2D eigenvalue weighted by molar-refractivity contribution is -0.145. The summed E-state index contributed by atoms with van der Waals surface area (Å²) in [7, 11) is -1.80. The number of rotatable bonds is 7. The first-order valence-electron chi connectivity index (χ1n) is 6.41. The Kier molecular flexibility index (Phi) is 6.77. The van der Waals surface area contributed by atoms with Gasteiger partial charge in [0.25, 0.3) is 0 Å². The third-order valence-electron chi connectivity index (χ3n) is 3.30. The fourth-order valence-electron chi connectivity index (χ4n) is 1.10. The fraction of sp³-hybridized carbons (Fsp3) is 0.846. The zero-order valence-corrected chi connectivity index (χ0v) is 13.5. The van der Waals surface area contributed by atoms with Gasteiger partial charge in [-0.3, -0.25) is 9.59 Å². The quantitative estimate of drug-likeness (QED) is 0.407. The third kappa shape index (κ3) is 6.30. The Balaban J connectivity index is 3.99. The molecule has 0 aromatic carbocycles. The maximum absolute atomic E-state index is 11.5. The molecule has 5 heteroatoms. The molecule has 0 atom stereocenters. The standard InChI is InChI=1S/C13H26O4Si/c1-7-16-12(15)10-11(14)8-9-17-18(5,6)13(2,3)4/h7-10H2,1-6H3. The third-order valence-corrected chi connectivity index (χ3v) is 7.84. The van der Waals surface area contributed by atoms with Crippen LogP contribution in [0.2, 0.25) is 18.1 Å². The number of carbonyl (C=O) groups excluding carboxylic acids is 2. The molecule has 0 saturated carbocycles. The number of Topliss-reactive ketones (excluding diaryl/α,β-unsaturated/α-hetero) is 1. The van der Waals surface area contributed by atoms with Crippen LogP contribution in [0.4, 0.5) is 0 Å². The number of hydrogen-bond donors (Lipinski definition) is 0. The Morgan fingerprint density at radius 1 is 1.17 bits per heavy atom. The minimum atomic E-state index is -1.80. The summed E-state index contributed by atoms with van der Waals surface area (Å²) in [4.78, 5) is 22.6. The van der Waals surface area contributed by atoms with Gasteiger partial charge in [-0.25, -0.2) is 0 Å². The van der Waals surface area contributed by atoms with Crippen molar-refractivity contribution in [1.29, 1.82) is 0 Å². The number of carbonyl (C=O) groups is 2. The monoisotopic (exact) mass is 274 g/mol. The second kappa shape index (κ2) is 7.04. The van der Waals surface area contributed by atoms with E-state index in [1.54, 1.807) is 6.92 Å². The molecule has 0 rings (SSSR count). The van der Waals surface area contributed by atoms with E-state index in [0.717, 1.165) is 0 Å². The van der Waals surface area contributed by atoms with Gasteiger partial charge >= 0.3 is 5.97 Å². The molecule has 0 bridgehead atoms. The van der Waals surface area contributed by atoms with Crippen molar-refractivity contribution >= 4 is 20.1 Å². The topological polar surface area (TPSA) is 52.6 Å². The van der Waals surface area contributed by atoms with Crippen LogP contribution in [-0.2, 0) is 18.8 Å². The van der Waals surface area contributed by atoms with Crippen LogP contribution in [0.5, 0.6) is 0 Å². The van der Waals surface area contributed by atoms with Gasteiger partial charge in [0.05, 0.1) is 6.61 Å². The van der Waals surface area contributed by atoms with Crippen molar-refractivity contribution in [2.24, 2.45) is 0 Å². The van der Waals surface area contributed by atoms with Crippen LogP contribution < -0.4 is 0 Å². The Labute approximate surface area is 111 Å². The molecule has 0 saturated heterocycles. The van der Waals surface area contributed by atoms with Crippen LogP contribution in [0.15, 0.2) is 0 Å². The zero-order chi connectivity index (χ0) is 14.4. The van der Waals surface area contributed by atoms with Crippen molar-refractivity contribution in [2.45, 2.75) is 58.7 Å². The predicted molar refractivity (Wildman–Crippen MR) is 74.0 cm³/mol. The summed E-state index contributed by atoms with van der Waals surface area (Å²) in [6.45, 7) is 13.2. The highest BCUT2D eigenvalue weighted by molar-refractivity contribution is 6.74. The van der Waals surface area contributed by atoms with E-state index in [4.69, 9.17) is 9.16 Å². The van der Waals surface area contributed by atoms with Crippen LogP contribution >= 0.6 is 0 Å². The first-order valence-corrected chi connectivity index (χ1v) is 9.32. The first kappa shape index (κ1) is 17.3. The van der Waals surface area contributed by atoms with E-state index in [1.165, 1.54) is 0 Å². The SMILES string of the molecule is CCOC(=O)CC(=O)CCO[Si](C)(C)C(C)(C)C. The average Bonchev–Trinajstić information content (AvgIpc) is 2.15. The van der Waals surface area contributed by atoms with Crippen LogP contribution in [-0.4, -0.2) is 33.3 Å². The number of hydrogen-bond acceptors (Lipinski definition) is 4. The largest absolute Gasteiger partial charge is 0.466 e. The molecular formula is C13H26O4Si. The summed E-state index contributed by atoms with van der Waals surface area (Å²) in [6, 6.07) is 0. The van der Waals surface area contributed by atoms with Gasteiger partial charge in [0.1, 0.15) is 12.2 Å². The highest BCUT2D eigenvalue weighted by Gasteiger charge is 2.36. The molecule has 0 spiro atoms. The highest BCUT2D eigenvalue weighted by atomic mass is 28.4. The van der Waals surface area contributed by atoms with Gasteiger partial charge in [-0.05, 0) is 25.1 Å². The predicted octanol–water partition coefficient (Wildman–Crippen LogP) is 2.92. The van der Waals surface area contributed by atoms with Crippen molar-refractivity contribution in [3.63, 3.8) is 0 Å². The molecule has 0 aliphatic heterocycles. The average molecular weight is 274 g/mol. The van der Waals surface area contributed by atoms with Crippen molar-refractivity contribution in [2.75, 3.05) is 13.2 Å². The van der Waals surface area contributed by atoms with E-state index in [-0.39, 0.29) is 23.7 Å². The van der Waals surface area contributed by atoms with Crippen molar-refractivity contribution < 1.29 is 18.8 Å².